The molecule has 0 bridgehead atoms. The molecule has 3 rings (SSSR count). The van der Waals surface area contributed by atoms with E-state index >= 15 is 0 Å². The summed E-state index contributed by atoms with van der Waals surface area (Å²) in [7, 11) is 1.54. The Morgan fingerprint density at radius 1 is 1.17 bits per heavy atom. The predicted molar refractivity (Wildman–Crippen MR) is 92.9 cm³/mol. The highest BCUT2D eigenvalue weighted by molar-refractivity contribution is 6.39. The van der Waals surface area contributed by atoms with Crippen molar-refractivity contribution >= 4 is 40.9 Å². The van der Waals surface area contributed by atoms with Crippen LogP contribution in [0.4, 0.5) is 0 Å². The maximum atomic E-state index is 11.7. The molecule has 0 aliphatic rings. The highest BCUT2D eigenvalue weighted by Crippen LogP contribution is 2.35. The number of methoxy groups -OCH3 is 1. The van der Waals surface area contributed by atoms with Gasteiger partial charge in [-0.05, 0) is 18.2 Å². The number of carboxylic acid groups (broad SMARTS) is 1. The quantitative estimate of drug-likeness (QED) is 0.745. The lowest BCUT2D eigenvalue weighted by atomic mass is 10.0. The number of halogens is 2. The van der Waals surface area contributed by atoms with E-state index in [1.54, 1.807) is 37.4 Å². The number of ether oxygens (including phenoxy) is 1. The van der Waals surface area contributed by atoms with E-state index in [9.17, 15) is 9.90 Å². The highest BCUT2D eigenvalue weighted by atomic mass is 35.5. The normalized spacial score (nSPS) is 10.2. The second-order valence-electron chi connectivity index (χ2n) is 4.70. The van der Waals surface area contributed by atoms with Crippen LogP contribution in [-0.4, -0.2) is 23.2 Å². The number of hydrogen-bond acceptors (Lipinski definition) is 3. The van der Waals surface area contributed by atoms with Gasteiger partial charge in [0.15, 0.2) is 0 Å². The van der Waals surface area contributed by atoms with Gasteiger partial charge in [-0.2, -0.15) is 0 Å². The molecule has 0 radical (unpaired) electrons. The van der Waals surface area contributed by atoms with Gasteiger partial charge in [0.2, 0.25) is 0 Å². The molecule has 0 fully saturated rings. The summed E-state index contributed by atoms with van der Waals surface area (Å²) >= 11 is 6.34. The van der Waals surface area contributed by atoms with E-state index in [0.29, 0.717) is 27.9 Å². The SMILES string of the molecule is COc1ccc2nc(-c3ccccc3)c(C(=O)O)c(Cl)c2c1.Cl. The molecule has 0 spiro atoms. The summed E-state index contributed by atoms with van der Waals surface area (Å²) in [4.78, 5) is 16.1. The van der Waals surface area contributed by atoms with Crippen LogP contribution in [0, 0.1) is 0 Å². The summed E-state index contributed by atoms with van der Waals surface area (Å²) in [6, 6.07) is 14.3. The number of carboxylic acids is 1. The molecule has 0 saturated heterocycles. The molecule has 6 heteroatoms. The Kier molecular flexibility index (Phi) is 5.08. The van der Waals surface area contributed by atoms with Gasteiger partial charge in [-0.3, -0.25) is 0 Å². The summed E-state index contributed by atoms with van der Waals surface area (Å²) in [5.74, 6) is -0.513. The van der Waals surface area contributed by atoms with Crippen LogP contribution in [0.2, 0.25) is 5.02 Å². The summed E-state index contributed by atoms with van der Waals surface area (Å²) in [5, 5.41) is 10.3. The molecule has 4 nitrogen and oxygen atoms in total. The first-order valence-electron chi connectivity index (χ1n) is 6.58. The molecule has 1 heterocycles. The average Bonchev–Trinajstić information content (AvgIpc) is 2.54. The number of hydrogen-bond donors (Lipinski definition) is 1. The lowest BCUT2D eigenvalue weighted by Gasteiger charge is -2.11. The Balaban J connectivity index is 0.00000192. The highest BCUT2D eigenvalue weighted by Gasteiger charge is 2.20. The first-order valence-corrected chi connectivity index (χ1v) is 6.95. The van der Waals surface area contributed by atoms with Crippen LogP contribution in [0.5, 0.6) is 5.75 Å². The van der Waals surface area contributed by atoms with E-state index in [-0.39, 0.29) is 23.0 Å². The molecule has 0 atom stereocenters. The van der Waals surface area contributed by atoms with Crippen molar-refractivity contribution in [3.63, 3.8) is 0 Å². The third kappa shape index (κ3) is 3.09. The van der Waals surface area contributed by atoms with Crippen molar-refractivity contribution in [3.05, 3.63) is 59.1 Å². The smallest absolute Gasteiger partial charge is 0.339 e. The van der Waals surface area contributed by atoms with Crippen LogP contribution in [0.1, 0.15) is 10.4 Å². The number of rotatable bonds is 3. The van der Waals surface area contributed by atoms with E-state index in [2.05, 4.69) is 4.98 Å². The molecule has 1 N–H and O–H groups in total. The molecule has 0 aliphatic carbocycles. The Labute approximate surface area is 144 Å². The van der Waals surface area contributed by atoms with Crippen LogP contribution in [0.15, 0.2) is 48.5 Å². The van der Waals surface area contributed by atoms with Gasteiger partial charge >= 0.3 is 5.97 Å². The van der Waals surface area contributed by atoms with Crippen molar-refractivity contribution in [2.45, 2.75) is 0 Å². The van der Waals surface area contributed by atoms with Gasteiger partial charge in [-0.25, -0.2) is 9.78 Å². The van der Waals surface area contributed by atoms with Gasteiger partial charge in [0.1, 0.15) is 11.3 Å². The summed E-state index contributed by atoms with van der Waals surface area (Å²) in [6.07, 6.45) is 0. The molecule has 1 aromatic heterocycles. The average molecular weight is 350 g/mol. The fourth-order valence-electron chi connectivity index (χ4n) is 2.33. The van der Waals surface area contributed by atoms with Gasteiger partial charge in [0.05, 0.1) is 23.3 Å². The standard InChI is InChI=1S/C17H12ClNO3.ClH/c1-22-11-7-8-13-12(9-11)15(18)14(17(20)21)16(19-13)10-5-3-2-4-6-10;/h2-9H,1H3,(H,20,21);1H. The number of fused-ring (bicyclic) bond motifs is 1. The predicted octanol–water partition coefficient (Wildman–Crippen LogP) is 4.68. The number of pyridine rings is 1. The van der Waals surface area contributed by atoms with Gasteiger partial charge in [-0.1, -0.05) is 41.9 Å². The van der Waals surface area contributed by atoms with Crippen LogP contribution < -0.4 is 4.74 Å². The molecule has 23 heavy (non-hydrogen) atoms. The summed E-state index contributed by atoms with van der Waals surface area (Å²) in [6.45, 7) is 0. The number of aromatic carboxylic acids is 1. The van der Waals surface area contributed by atoms with Crippen LogP contribution in [-0.2, 0) is 0 Å². The van der Waals surface area contributed by atoms with Gasteiger partial charge in [0.25, 0.3) is 0 Å². The van der Waals surface area contributed by atoms with Crippen molar-refractivity contribution in [2.75, 3.05) is 7.11 Å². The number of aromatic nitrogens is 1. The largest absolute Gasteiger partial charge is 0.497 e. The molecule has 118 valence electrons. The first-order chi connectivity index (χ1) is 10.6. The van der Waals surface area contributed by atoms with E-state index in [1.165, 1.54) is 0 Å². The number of nitrogens with zero attached hydrogens (tertiary/aromatic N) is 1. The molecule has 2 aromatic carbocycles. The molecular formula is C17H13Cl2NO3. The Morgan fingerprint density at radius 3 is 2.48 bits per heavy atom. The zero-order chi connectivity index (χ0) is 15.7. The monoisotopic (exact) mass is 349 g/mol. The molecule has 0 unspecified atom stereocenters. The number of carbonyl (C=O) groups is 1. The maximum absolute atomic E-state index is 11.7. The molecule has 0 saturated carbocycles. The summed E-state index contributed by atoms with van der Waals surface area (Å²) < 4.78 is 5.16. The molecule has 0 aliphatic heterocycles. The Morgan fingerprint density at radius 2 is 1.87 bits per heavy atom. The third-order valence-electron chi connectivity index (χ3n) is 3.39. The first kappa shape index (κ1) is 17.1. The van der Waals surface area contributed by atoms with E-state index in [0.717, 1.165) is 0 Å². The maximum Gasteiger partial charge on any atom is 0.339 e. The fraction of sp³-hybridized carbons (Fsp3) is 0.0588. The van der Waals surface area contributed by atoms with Gasteiger partial charge in [0, 0.05) is 10.9 Å². The number of benzene rings is 2. The molecule has 3 aromatic rings. The zero-order valence-electron chi connectivity index (χ0n) is 12.1. The van der Waals surface area contributed by atoms with Crippen LogP contribution in [0.25, 0.3) is 22.2 Å². The van der Waals surface area contributed by atoms with Crippen molar-refractivity contribution < 1.29 is 14.6 Å². The minimum absolute atomic E-state index is 0. The van der Waals surface area contributed by atoms with Gasteiger partial charge < -0.3 is 9.84 Å². The van der Waals surface area contributed by atoms with E-state index < -0.39 is 5.97 Å². The van der Waals surface area contributed by atoms with Crippen molar-refractivity contribution in [3.8, 4) is 17.0 Å². The van der Waals surface area contributed by atoms with Crippen molar-refractivity contribution in [1.29, 1.82) is 0 Å². The minimum atomic E-state index is -1.11. The second-order valence-corrected chi connectivity index (χ2v) is 5.08. The van der Waals surface area contributed by atoms with Crippen LogP contribution >= 0.6 is 24.0 Å². The fourth-order valence-corrected chi connectivity index (χ4v) is 2.65. The van der Waals surface area contributed by atoms with E-state index in [1.807, 2.05) is 18.2 Å². The topological polar surface area (TPSA) is 59.4 Å². The Hall–Kier alpha value is -2.30. The van der Waals surface area contributed by atoms with Gasteiger partial charge in [-0.15, -0.1) is 12.4 Å². The molecule has 0 amide bonds. The van der Waals surface area contributed by atoms with E-state index in [4.69, 9.17) is 16.3 Å². The second kappa shape index (κ2) is 6.86. The zero-order valence-corrected chi connectivity index (χ0v) is 13.7. The van der Waals surface area contributed by atoms with Crippen molar-refractivity contribution in [1.82, 2.24) is 4.98 Å². The summed E-state index contributed by atoms with van der Waals surface area (Å²) in [5.41, 5.74) is 1.68. The molecular weight excluding hydrogens is 337 g/mol. The Bertz CT molecular complexity index is 867. The minimum Gasteiger partial charge on any atom is -0.497 e. The lowest BCUT2D eigenvalue weighted by molar-refractivity contribution is 0.0697. The van der Waals surface area contributed by atoms with Crippen molar-refractivity contribution in [2.24, 2.45) is 0 Å². The third-order valence-corrected chi connectivity index (χ3v) is 3.78. The lowest BCUT2D eigenvalue weighted by Crippen LogP contribution is -2.04. The van der Waals surface area contributed by atoms with Crippen LogP contribution in [0.3, 0.4) is 0 Å².